The summed E-state index contributed by atoms with van der Waals surface area (Å²) in [6.07, 6.45) is 3.70. The molecule has 0 radical (unpaired) electrons. The fraction of sp³-hybridized carbons (Fsp3) is 0.909. The number of piperidine rings is 1. The zero-order valence-electron chi connectivity index (χ0n) is 10.8. The molecule has 2 rings (SSSR count). The lowest BCUT2D eigenvalue weighted by molar-refractivity contribution is 0.197. The van der Waals surface area contributed by atoms with Gasteiger partial charge in [0.1, 0.15) is 0 Å². The normalized spacial score (nSPS) is 18.7. The van der Waals surface area contributed by atoms with E-state index in [2.05, 4.69) is 32.6 Å². The molecule has 17 heavy (non-hydrogen) atoms. The van der Waals surface area contributed by atoms with Gasteiger partial charge in [-0.25, -0.2) is 0 Å². The van der Waals surface area contributed by atoms with Gasteiger partial charge in [0.05, 0.1) is 13.6 Å². The van der Waals surface area contributed by atoms with Crippen LogP contribution in [0.5, 0.6) is 0 Å². The zero-order chi connectivity index (χ0) is 12.1. The Labute approximate surface area is 102 Å². The largest absolute Gasteiger partial charge is 0.307 e. The highest BCUT2D eigenvalue weighted by atomic mass is 15.6. The van der Waals surface area contributed by atoms with E-state index in [0.29, 0.717) is 6.04 Å². The number of tetrazole rings is 1. The van der Waals surface area contributed by atoms with Gasteiger partial charge in [0, 0.05) is 6.04 Å². The van der Waals surface area contributed by atoms with Crippen molar-refractivity contribution in [3.63, 3.8) is 0 Å². The number of hydrogen-bond donors (Lipinski definition) is 1. The van der Waals surface area contributed by atoms with Crippen molar-refractivity contribution in [2.75, 3.05) is 19.6 Å². The van der Waals surface area contributed by atoms with E-state index in [-0.39, 0.29) is 0 Å². The minimum Gasteiger partial charge on any atom is -0.307 e. The van der Waals surface area contributed by atoms with Crippen molar-refractivity contribution in [2.45, 2.75) is 38.8 Å². The molecule has 2 heterocycles. The number of nitrogens with one attached hydrogen (secondary N) is 1. The fourth-order valence-corrected chi connectivity index (χ4v) is 2.31. The molecule has 0 atom stereocenters. The molecule has 0 aromatic carbocycles. The quantitative estimate of drug-likeness (QED) is 0.792. The van der Waals surface area contributed by atoms with Crippen LogP contribution < -0.4 is 5.32 Å². The Bertz CT molecular complexity index is 328. The maximum absolute atomic E-state index is 4.16. The van der Waals surface area contributed by atoms with Crippen molar-refractivity contribution in [1.29, 1.82) is 0 Å². The van der Waals surface area contributed by atoms with Crippen LogP contribution in [0.2, 0.25) is 0 Å². The van der Waals surface area contributed by atoms with Crippen LogP contribution in [-0.4, -0.2) is 50.8 Å². The molecule has 1 aromatic rings. The Morgan fingerprint density at radius 1 is 1.35 bits per heavy atom. The Balaban J connectivity index is 1.68. The third kappa shape index (κ3) is 3.74. The molecule has 0 aliphatic carbocycles. The minimum atomic E-state index is 0.604. The molecule has 0 amide bonds. The van der Waals surface area contributed by atoms with Crippen molar-refractivity contribution < 1.29 is 0 Å². The summed E-state index contributed by atoms with van der Waals surface area (Å²) < 4.78 is 0. The van der Waals surface area contributed by atoms with E-state index in [1.54, 1.807) is 7.05 Å². The highest BCUT2D eigenvalue weighted by Gasteiger charge is 2.18. The monoisotopic (exact) mass is 238 g/mol. The maximum Gasteiger partial charge on any atom is 0.188 e. The van der Waals surface area contributed by atoms with Crippen LogP contribution >= 0.6 is 0 Å². The Kier molecular flexibility index (Phi) is 4.44. The van der Waals surface area contributed by atoms with Crippen LogP contribution in [0.1, 0.15) is 32.0 Å². The standard InChI is InChI=1S/C11H22N6/c1-3-6-17-7-4-10(5-8-17)12-9-11-13-15-16(2)14-11/h10,12H,3-9H2,1-2H3. The first-order valence-corrected chi connectivity index (χ1v) is 6.46. The first-order valence-electron chi connectivity index (χ1n) is 6.46. The molecule has 6 heteroatoms. The summed E-state index contributed by atoms with van der Waals surface area (Å²) in [5.41, 5.74) is 0. The van der Waals surface area contributed by atoms with Crippen LogP contribution in [0.25, 0.3) is 0 Å². The lowest BCUT2D eigenvalue weighted by Crippen LogP contribution is -2.42. The van der Waals surface area contributed by atoms with Crippen LogP contribution in [0.15, 0.2) is 0 Å². The molecule has 0 unspecified atom stereocenters. The van der Waals surface area contributed by atoms with E-state index in [4.69, 9.17) is 0 Å². The molecule has 0 spiro atoms. The molecule has 1 fully saturated rings. The number of likely N-dealkylation sites (tertiary alicyclic amines) is 1. The molecule has 1 aliphatic heterocycles. The van der Waals surface area contributed by atoms with Crippen molar-refractivity contribution in [3.8, 4) is 0 Å². The number of aryl methyl sites for hydroxylation is 1. The smallest absolute Gasteiger partial charge is 0.188 e. The van der Waals surface area contributed by atoms with Gasteiger partial charge >= 0.3 is 0 Å². The molecule has 1 aromatic heterocycles. The third-order valence-corrected chi connectivity index (χ3v) is 3.23. The van der Waals surface area contributed by atoms with Gasteiger partial charge < -0.3 is 10.2 Å². The topological polar surface area (TPSA) is 58.9 Å². The molecule has 96 valence electrons. The molecular formula is C11H22N6. The van der Waals surface area contributed by atoms with E-state index < -0.39 is 0 Å². The molecule has 0 saturated carbocycles. The van der Waals surface area contributed by atoms with Crippen molar-refractivity contribution in [2.24, 2.45) is 7.05 Å². The number of hydrogen-bond acceptors (Lipinski definition) is 5. The van der Waals surface area contributed by atoms with E-state index >= 15 is 0 Å². The average Bonchev–Trinajstić information content (AvgIpc) is 2.75. The predicted molar refractivity (Wildman–Crippen MR) is 65.4 cm³/mol. The molecule has 6 nitrogen and oxygen atoms in total. The van der Waals surface area contributed by atoms with E-state index in [9.17, 15) is 0 Å². The Morgan fingerprint density at radius 2 is 2.12 bits per heavy atom. The van der Waals surface area contributed by atoms with Gasteiger partial charge in [-0.2, -0.15) is 4.80 Å². The second-order valence-electron chi connectivity index (χ2n) is 4.69. The van der Waals surface area contributed by atoms with E-state index in [0.717, 1.165) is 12.4 Å². The van der Waals surface area contributed by atoms with Crippen LogP contribution in [0, 0.1) is 0 Å². The van der Waals surface area contributed by atoms with E-state index in [1.807, 2.05) is 0 Å². The second kappa shape index (κ2) is 6.07. The number of rotatable bonds is 5. The van der Waals surface area contributed by atoms with Gasteiger partial charge in [-0.05, 0) is 44.1 Å². The van der Waals surface area contributed by atoms with Gasteiger partial charge in [0.2, 0.25) is 0 Å². The fourth-order valence-electron chi connectivity index (χ4n) is 2.31. The summed E-state index contributed by atoms with van der Waals surface area (Å²) in [6, 6.07) is 0.604. The van der Waals surface area contributed by atoms with Crippen LogP contribution in [-0.2, 0) is 13.6 Å². The molecule has 0 bridgehead atoms. The van der Waals surface area contributed by atoms with Gasteiger partial charge in [0.15, 0.2) is 5.82 Å². The summed E-state index contributed by atoms with van der Waals surface area (Å²) in [5.74, 6) is 0.781. The van der Waals surface area contributed by atoms with Gasteiger partial charge in [-0.15, -0.1) is 10.2 Å². The van der Waals surface area contributed by atoms with Crippen molar-refractivity contribution >= 4 is 0 Å². The first-order chi connectivity index (χ1) is 8.28. The zero-order valence-corrected chi connectivity index (χ0v) is 10.8. The van der Waals surface area contributed by atoms with Gasteiger partial charge in [0.25, 0.3) is 0 Å². The van der Waals surface area contributed by atoms with Gasteiger partial charge in [-0.1, -0.05) is 6.92 Å². The number of aromatic nitrogens is 4. The average molecular weight is 238 g/mol. The summed E-state index contributed by atoms with van der Waals surface area (Å²) >= 11 is 0. The molecular weight excluding hydrogens is 216 g/mol. The molecule has 1 saturated heterocycles. The lowest BCUT2D eigenvalue weighted by Gasteiger charge is -2.31. The highest BCUT2D eigenvalue weighted by molar-refractivity contribution is 4.81. The Morgan fingerprint density at radius 3 is 2.71 bits per heavy atom. The maximum atomic E-state index is 4.16. The van der Waals surface area contributed by atoms with E-state index in [1.165, 1.54) is 43.7 Å². The summed E-state index contributed by atoms with van der Waals surface area (Å²) in [7, 11) is 1.79. The second-order valence-corrected chi connectivity index (χ2v) is 4.69. The summed E-state index contributed by atoms with van der Waals surface area (Å²) in [5, 5.41) is 15.5. The molecule has 1 aliphatic rings. The van der Waals surface area contributed by atoms with Gasteiger partial charge in [-0.3, -0.25) is 0 Å². The summed E-state index contributed by atoms with van der Waals surface area (Å²) in [6.45, 7) is 6.62. The third-order valence-electron chi connectivity index (χ3n) is 3.23. The SMILES string of the molecule is CCCN1CCC(NCc2nnn(C)n2)CC1. The predicted octanol–water partition coefficient (Wildman–Crippen LogP) is 0.174. The van der Waals surface area contributed by atoms with Crippen molar-refractivity contribution in [3.05, 3.63) is 5.82 Å². The van der Waals surface area contributed by atoms with Crippen LogP contribution in [0.3, 0.4) is 0 Å². The minimum absolute atomic E-state index is 0.604. The highest BCUT2D eigenvalue weighted by Crippen LogP contribution is 2.10. The molecule has 1 N–H and O–H groups in total. The Hall–Kier alpha value is -1.01. The summed E-state index contributed by atoms with van der Waals surface area (Å²) in [4.78, 5) is 4.04. The first kappa shape index (κ1) is 12.4. The van der Waals surface area contributed by atoms with Crippen molar-refractivity contribution in [1.82, 2.24) is 30.4 Å². The van der Waals surface area contributed by atoms with Crippen LogP contribution in [0.4, 0.5) is 0 Å². The lowest BCUT2D eigenvalue weighted by atomic mass is 10.0. The number of nitrogens with zero attached hydrogens (tertiary/aromatic N) is 5.